The van der Waals surface area contributed by atoms with E-state index in [-0.39, 0.29) is 38.9 Å². The Bertz CT molecular complexity index is 1300. The molecule has 0 radical (unpaired) electrons. The molecule has 10 heteroatoms. The molecular formula is C25H17Cl3O7. The minimum Gasteiger partial charge on any atom is -0.456 e. The van der Waals surface area contributed by atoms with Gasteiger partial charge in [0.05, 0.1) is 16.0 Å². The highest BCUT2D eigenvalue weighted by molar-refractivity contribution is 6.32. The molecular weight excluding hydrogens is 519 g/mol. The van der Waals surface area contributed by atoms with Crippen LogP contribution in [0.2, 0.25) is 10.0 Å². The summed E-state index contributed by atoms with van der Waals surface area (Å²) in [6.07, 6.45) is 4.08. The molecule has 1 saturated heterocycles. The summed E-state index contributed by atoms with van der Waals surface area (Å²) in [5.41, 5.74) is 1.01. The Labute approximate surface area is 215 Å². The van der Waals surface area contributed by atoms with Gasteiger partial charge in [-0.25, -0.2) is 0 Å². The number of fused-ring (bicyclic) bond motifs is 6. The molecule has 1 atom stereocenters. The van der Waals surface area contributed by atoms with Crippen LogP contribution >= 0.6 is 34.8 Å². The van der Waals surface area contributed by atoms with Gasteiger partial charge in [0.1, 0.15) is 11.5 Å². The predicted molar refractivity (Wildman–Crippen MR) is 127 cm³/mol. The number of halogens is 3. The molecule has 180 valence electrons. The van der Waals surface area contributed by atoms with Crippen molar-refractivity contribution in [2.45, 2.75) is 25.9 Å². The van der Waals surface area contributed by atoms with Crippen LogP contribution in [0.4, 0.5) is 0 Å². The third-order valence-corrected chi connectivity index (χ3v) is 6.94. The van der Waals surface area contributed by atoms with Crippen molar-refractivity contribution in [2.24, 2.45) is 5.92 Å². The highest BCUT2D eigenvalue weighted by Crippen LogP contribution is 2.61. The summed E-state index contributed by atoms with van der Waals surface area (Å²) < 4.78 is 22.7. The standard InChI is InChI=1S/C25H17Cl3O7/c1-11(29)32-22-8-20-16(6-18(22)27)25(15-4-3-13(10-26)5-14(15)24(31)35-25)17-7-19(28)23(33-12(2)30)9-21(17)34-20/h3-4,6-9,14H,5,10H2,1-2H3. The third kappa shape index (κ3) is 3.78. The molecule has 2 heterocycles. The molecule has 35 heavy (non-hydrogen) atoms. The highest BCUT2D eigenvalue weighted by atomic mass is 35.5. The van der Waals surface area contributed by atoms with Gasteiger partial charge in [0, 0.05) is 43.0 Å². The summed E-state index contributed by atoms with van der Waals surface area (Å²) in [6.45, 7) is 2.50. The molecule has 0 N–H and O–H groups in total. The van der Waals surface area contributed by atoms with Crippen molar-refractivity contribution >= 4 is 52.7 Å². The molecule has 2 aliphatic heterocycles. The van der Waals surface area contributed by atoms with Crippen molar-refractivity contribution in [1.29, 1.82) is 0 Å². The molecule has 1 unspecified atom stereocenters. The number of hydrogen-bond donors (Lipinski definition) is 0. The van der Waals surface area contributed by atoms with Crippen molar-refractivity contribution in [3.63, 3.8) is 0 Å². The zero-order chi connectivity index (χ0) is 25.1. The summed E-state index contributed by atoms with van der Waals surface area (Å²) >= 11 is 18.9. The number of hydrogen-bond acceptors (Lipinski definition) is 7. The van der Waals surface area contributed by atoms with E-state index in [1.807, 2.05) is 12.2 Å². The Morgan fingerprint density at radius 1 is 0.971 bits per heavy atom. The first-order valence-electron chi connectivity index (χ1n) is 10.6. The lowest BCUT2D eigenvalue weighted by Crippen LogP contribution is -2.33. The van der Waals surface area contributed by atoms with Gasteiger partial charge in [-0.15, -0.1) is 11.6 Å². The van der Waals surface area contributed by atoms with Crippen molar-refractivity contribution in [3.05, 3.63) is 68.7 Å². The third-order valence-electron chi connectivity index (χ3n) is 6.01. The van der Waals surface area contributed by atoms with Gasteiger partial charge < -0.3 is 18.9 Å². The van der Waals surface area contributed by atoms with Gasteiger partial charge in [-0.1, -0.05) is 40.9 Å². The fourth-order valence-electron chi connectivity index (χ4n) is 4.66. The zero-order valence-corrected chi connectivity index (χ0v) is 20.7. The van der Waals surface area contributed by atoms with Crippen molar-refractivity contribution in [2.75, 3.05) is 5.88 Å². The fraction of sp³-hybridized carbons (Fsp3) is 0.240. The molecule has 2 aromatic rings. The minimum absolute atomic E-state index is 0.0773. The summed E-state index contributed by atoms with van der Waals surface area (Å²) in [4.78, 5) is 36.3. The molecule has 1 spiro atoms. The average Bonchev–Trinajstić information content (AvgIpc) is 3.08. The van der Waals surface area contributed by atoms with Crippen LogP contribution in [0.3, 0.4) is 0 Å². The molecule has 2 aromatic carbocycles. The normalized spacial score (nSPS) is 18.9. The van der Waals surface area contributed by atoms with Gasteiger partial charge in [-0.3, -0.25) is 14.4 Å². The second-order valence-corrected chi connectivity index (χ2v) is 9.37. The second-order valence-electron chi connectivity index (χ2n) is 8.29. The van der Waals surface area contributed by atoms with E-state index in [1.54, 1.807) is 12.1 Å². The Morgan fingerprint density at radius 2 is 1.51 bits per heavy atom. The maximum atomic E-state index is 13.2. The lowest BCUT2D eigenvalue weighted by Gasteiger charge is -2.38. The Morgan fingerprint density at radius 3 is 2.00 bits per heavy atom. The number of rotatable bonds is 3. The highest BCUT2D eigenvalue weighted by Gasteiger charge is 2.58. The largest absolute Gasteiger partial charge is 0.456 e. The summed E-state index contributed by atoms with van der Waals surface area (Å²) in [5, 5.41) is 0.252. The van der Waals surface area contributed by atoms with Gasteiger partial charge in [0.2, 0.25) is 0 Å². The second kappa shape index (κ2) is 8.59. The smallest absolute Gasteiger partial charge is 0.315 e. The number of alkyl halides is 1. The lowest BCUT2D eigenvalue weighted by molar-refractivity contribution is -0.148. The molecule has 5 rings (SSSR count). The van der Waals surface area contributed by atoms with E-state index in [9.17, 15) is 14.4 Å². The molecule has 1 fully saturated rings. The van der Waals surface area contributed by atoms with Crippen LogP contribution in [0.5, 0.6) is 23.0 Å². The monoisotopic (exact) mass is 534 g/mol. The number of allylic oxidation sites excluding steroid dienone is 3. The quantitative estimate of drug-likeness (QED) is 0.276. The average molecular weight is 536 g/mol. The van der Waals surface area contributed by atoms with Gasteiger partial charge in [-0.2, -0.15) is 0 Å². The lowest BCUT2D eigenvalue weighted by atomic mass is 9.72. The zero-order valence-electron chi connectivity index (χ0n) is 18.4. The van der Waals surface area contributed by atoms with Crippen molar-refractivity contribution in [1.82, 2.24) is 0 Å². The molecule has 0 amide bonds. The first kappa shape index (κ1) is 23.7. The van der Waals surface area contributed by atoms with E-state index in [2.05, 4.69) is 0 Å². The maximum Gasteiger partial charge on any atom is 0.315 e. The summed E-state index contributed by atoms with van der Waals surface area (Å²) in [7, 11) is 0. The summed E-state index contributed by atoms with van der Waals surface area (Å²) in [6, 6.07) is 6.00. The Hall–Kier alpha value is -3.00. The number of benzene rings is 2. The van der Waals surface area contributed by atoms with Gasteiger partial charge in [0.25, 0.3) is 0 Å². The molecule has 0 bridgehead atoms. The van der Waals surface area contributed by atoms with Crippen LogP contribution in [0.1, 0.15) is 31.4 Å². The molecule has 1 aliphatic carbocycles. The van der Waals surface area contributed by atoms with E-state index in [0.29, 0.717) is 23.1 Å². The molecule has 0 saturated carbocycles. The topological polar surface area (TPSA) is 88.1 Å². The van der Waals surface area contributed by atoms with Crippen LogP contribution in [0.15, 0.2) is 47.6 Å². The number of esters is 3. The first-order chi connectivity index (χ1) is 16.6. The van der Waals surface area contributed by atoms with Crippen LogP contribution in [0.25, 0.3) is 0 Å². The van der Waals surface area contributed by atoms with Crippen molar-refractivity contribution in [3.8, 4) is 23.0 Å². The van der Waals surface area contributed by atoms with E-state index in [0.717, 1.165) is 5.57 Å². The predicted octanol–water partition coefficient (Wildman–Crippen LogP) is 5.86. The first-order valence-corrected chi connectivity index (χ1v) is 11.8. The van der Waals surface area contributed by atoms with E-state index in [4.69, 9.17) is 53.8 Å². The number of ether oxygens (including phenoxy) is 4. The van der Waals surface area contributed by atoms with Crippen molar-refractivity contribution < 1.29 is 33.3 Å². The number of carbonyl (C=O) groups excluding carboxylic acids is 3. The fourth-order valence-corrected chi connectivity index (χ4v) is 5.26. The maximum absolute atomic E-state index is 13.2. The van der Waals surface area contributed by atoms with E-state index >= 15 is 0 Å². The van der Waals surface area contributed by atoms with Crippen LogP contribution in [-0.4, -0.2) is 23.8 Å². The van der Waals surface area contributed by atoms with Crippen LogP contribution < -0.4 is 14.2 Å². The molecule has 7 nitrogen and oxygen atoms in total. The molecule has 3 aliphatic rings. The van der Waals surface area contributed by atoms with E-state index in [1.165, 1.54) is 26.0 Å². The van der Waals surface area contributed by atoms with Gasteiger partial charge >= 0.3 is 17.9 Å². The van der Waals surface area contributed by atoms with Gasteiger partial charge in [-0.05, 0) is 24.1 Å². The minimum atomic E-state index is -1.42. The Kier molecular flexibility index (Phi) is 5.82. The number of carbonyl (C=O) groups is 3. The van der Waals surface area contributed by atoms with E-state index < -0.39 is 29.4 Å². The SMILES string of the molecule is CC(=O)Oc1cc2c(cc1Cl)C1(OC(=O)C3CC(CCl)=CC=C31)c1cc(Cl)c(OC(C)=O)cc1O2. The summed E-state index contributed by atoms with van der Waals surface area (Å²) in [5.74, 6) is -1.22. The van der Waals surface area contributed by atoms with Gasteiger partial charge in [0.15, 0.2) is 17.1 Å². The van der Waals surface area contributed by atoms with Crippen LogP contribution in [-0.2, 0) is 24.7 Å². The molecule has 0 aromatic heterocycles. The van der Waals surface area contributed by atoms with Crippen LogP contribution in [0, 0.1) is 5.92 Å². The Balaban J connectivity index is 1.79.